The summed E-state index contributed by atoms with van der Waals surface area (Å²) in [6, 6.07) is 18.5. The maximum absolute atomic E-state index is 12.9. The Morgan fingerprint density at radius 2 is 1.72 bits per heavy atom. The maximum atomic E-state index is 12.9. The molecule has 0 radical (unpaired) electrons. The van der Waals surface area contributed by atoms with Crippen LogP contribution >= 0.6 is 0 Å². The van der Waals surface area contributed by atoms with E-state index in [0.717, 1.165) is 11.3 Å². The highest BCUT2D eigenvalue weighted by molar-refractivity contribution is 7.92. The Balaban J connectivity index is 1.61. The van der Waals surface area contributed by atoms with Gasteiger partial charge in [0.05, 0.1) is 10.6 Å². The van der Waals surface area contributed by atoms with Crippen LogP contribution in [0.1, 0.15) is 11.1 Å². The molecule has 0 unspecified atom stereocenters. The minimum Gasteiger partial charge on any atom is -0.398 e. The van der Waals surface area contributed by atoms with Crippen LogP contribution in [0.25, 0.3) is 17.0 Å². The largest absolute Gasteiger partial charge is 0.398 e. The van der Waals surface area contributed by atoms with Crippen LogP contribution in [-0.4, -0.2) is 29.4 Å². The zero-order chi connectivity index (χ0) is 22.6. The fourth-order valence-electron chi connectivity index (χ4n) is 3.17. The molecule has 0 aliphatic heterocycles. The van der Waals surface area contributed by atoms with Crippen molar-refractivity contribution in [3.8, 4) is 5.69 Å². The van der Waals surface area contributed by atoms with Crippen molar-refractivity contribution in [2.45, 2.75) is 4.90 Å². The molecule has 0 atom stereocenters. The Labute approximate surface area is 185 Å². The van der Waals surface area contributed by atoms with Gasteiger partial charge >= 0.3 is 0 Å². The van der Waals surface area contributed by atoms with E-state index in [-0.39, 0.29) is 4.90 Å². The lowest BCUT2D eigenvalue weighted by Crippen LogP contribution is -2.13. The second kappa shape index (κ2) is 8.86. The van der Waals surface area contributed by atoms with Gasteiger partial charge in [0.25, 0.3) is 10.0 Å². The van der Waals surface area contributed by atoms with Crippen molar-refractivity contribution < 1.29 is 8.42 Å². The molecule has 0 bridgehead atoms. The van der Waals surface area contributed by atoms with Crippen molar-refractivity contribution in [1.82, 2.24) is 14.8 Å². The van der Waals surface area contributed by atoms with Gasteiger partial charge in [-0.15, -0.1) is 0 Å². The fourth-order valence-corrected chi connectivity index (χ4v) is 4.22. The van der Waals surface area contributed by atoms with Crippen molar-refractivity contribution in [1.29, 1.82) is 5.41 Å². The Hall–Kier alpha value is -4.24. The first-order valence-electron chi connectivity index (χ1n) is 9.62. The number of benzene rings is 2. The molecule has 2 aromatic carbocycles. The first kappa shape index (κ1) is 21.0. The van der Waals surface area contributed by atoms with Crippen molar-refractivity contribution in [2.75, 3.05) is 4.72 Å². The molecule has 0 aliphatic rings. The average Bonchev–Trinajstić information content (AvgIpc) is 3.35. The molecule has 4 N–H and O–H groups in total. The Kier molecular flexibility index (Phi) is 5.82. The number of nitrogens with one attached hydrogen (secondary N) is 2. The molecule has 0 saturated carbocycles. The Bertz CT molecular complexity index is 1360. The quantitative estimate of drug-likeness (QED) is 0.376. The van der Waals surface area contributed by atoms with Gasteiger partial charge in [-0.3, -0.25) is 9.71 Å². The number of hydrogen-bond acceptors (Lipinski definition) is 6. The number of anilines is 1. The van der Waals surface area contributed by atoms with Gasteiger partial charge in [0.15, 0.2) is 0 Å². The topological polar surface area (TPSA) is 127 Å². The monoisotopic (exact) mass is 444 g/mol. The Morgan fingerprint density at radius 3 is 2.38 bits per heavy atom. The van der Waals surface area contributed by atoms with Crippen LogP contribution in [0.15, 0.2) is 96.4 Å². The molecule has 2 aromatic heterocycles. The van der Waals surface area contributed by atoms with Crippen LogP contribution in [0.5, 0.6) is 0 Å². The van der Waals surface area contributed by atoms with Crippen LogP contribution < -0.4 is 10.5 Å². The van der Waals surface area contributed by atoms with Crippen LogP contribution in [-0.2, 0) is 10.0 Å². The fraction of sp³-hybridized carbons (Fsp3) is 0. The number of sulfonamides is 1. The highest BCUT2D eigenvalue weighted by atomic mass is 32.2. The highest BCUT2D eigenvalue weighted by Crippen LogP contribution is 2.24. The van der Waals surface area contributed by atoms with Gasteiger partial charge < -0.3 is 11.1 Å². The summed E-state index contributed by atoms with van der Waals surface area (Å²) >= 11 is 0. The van der Waals surface area contributed by atoms with E-state index >= 15 is 0 Å². The molecule has 0 saturated heterocycles. The number of allylic oxidation sites excluding steroid dienone is 1. The first-order valence-corrected chi connectivity index (χ1v) is 11.1. The summed E-state index contributed by atoms with van der Waals surface area (Å²) in [5.41, 5.74) is 9.64. The molecule has 8 nitrogen and oxygen atoms in total. The van der Waals surface area contributed by atoms with E-state index in [1.807, 2.05) is 0 Å². The summed E-state index contributed by atoms with van der Waals surface area (Å²) in [7, 11) is -3.81. The number of aromatic nitrogens is 3. The van der Waals surface area contributed by atoms with Crippen LogP contribution in [0.4, 0.5) is 5.69 Å². The molecule has 9 heteroatoms. The average molecular weight is 445 g/mol. The second-order valence-electron chi connectivity index (χ2n) is 6.84. The van der Waals surface area contributed by atoms with Crippen molar-refractivity contribution in [3.63, 3.8) is 0 Å². The number of nitrogens with zero attached hydrogens (tertiary/aromatic N) is 3. The molecule has 0 aliphatic carbocycles. The highest BCUT2D eigenvalue weighted by Gasteiger charge is 2.15. The predicted octanol–water partition coefficient (Wildman–Crippen LogP) is 3.54. The number of nitrogens with two attached hydrogens (primary N) is 1. The third-order valence-electron chi connectivity index (χ3n) is 4.77. The zero-order valence-electron chi connectivity index (χ0n) is 16.9. The molecule has 0 amide bonds. The summed E-state index contributed by atoms with van der Waals surface area (Å²) in [5, 5.41) is 11.9. The summed E-state index contributed by atoms with van der Waals surface area (Å²) in [6.07, 6.45) is 7.84. The standard InChI is InChI=1S/C23H20N6O2S/c24-16-22(17-9-12-26-13-10-17)23(25)18-3-1-4-19(15-18)28-32(30,31)21-7-5-20(6-8-21)29-14-2-11-27-29/h1-16,24,28H,25H2. The minimum atomic E-state index is -3.81. The molecule has 160 valence electrons. The van der Waals surface area contributed by atoms with Gasteiger partial charge in [0, 0.05) is 53.5 Å². The lowest BCUT2D eigenvalue weighted by atomic mass is 10.0. The van der Waals surface area contributed by atoms with Gasteiger partial charge in [0.2, 0.25) is 0 Å². The SMILES string of the molecule is N=CC(=C(N)c1cccc(NS(=O)(=O)c2ccc(-n3cccn3)cc2)c1)c1ccncc1. The third-order valence-corrected chi connectivity index (χ3v) is 6.16. The smallest absolute Gasteiger partial charge is 0.261 e. The minimum absolute atomic E-state index is 0.124. The van der Waals surface area contributed by atoms with Crippen molar-refractivity contribution >= 4 is 33.2 Å². The molecule has 4 aromatic rings. The number of rotatable bonds is 7. The Morgan fingerprint density at radius 1 is 0.969 bits per heavy atom. The summed E-state index contributed by atoms with van der Waals surface area (Å²) in [4.78, 5) is 4.10. The molecule has 32 heavy (non-hydrogen) atoms. The summed E-state index contributed by atoms with van der Waals surface area (Å²) in [6.45, 7) is 0. The van der Waals surface area contributed by atoms with Gasteiger partial charge in [-0.2, -0.15) is 5.10 Å². The molecule has 4 rings (SSSR count). The molecular formula is C23H20N6O2S. The normalized spacial score (nSPS) is 12.1. The number of pyridine rings is 1. The number of hydrogen-bond donors (Lipinski definition) is 3. The van der Waals surface area contributed by atoms with Gasteiger partial charge in [-0.05, 0) is 60.2 Å². The van der Waals surface area contributed by atoms with Crippen LogP contribution in [0, 0.1) is 5.41 Å². The first-order chi connectivity index (χ1) is 15.5. The van der Waals surface area contributed by atoms with Gasteiger partial charge in [-0.25, -0.2) is 13.1 Å². The van der Waals surface area contributed by atoms with Gasteiger partial charge in [-0.1, -0.05) is 12.1 Å². The van der Waals surface area contributed by atoms with Crippen LogP contribution in [0.2, 0.25) is 0 Å². The predicted molar refractivity (Wildman–Crippen MR) is 125 cm³/mol. The molecule has 2 heterocycles. The van der Waals surface area contributed by atoms with E-state index < -0.39 is 10.0 Å². The maximum Gasteiger partial charge on any atom is 0.261 e. The third kappa shape index (κ3) is 4.42. The molecule has 0 spiro atoms. The molecular weight excluding hydrogens is 424 g/mol. The van der Waals surface area contributed by atoms with E-state index in [1.165, 1.54) is 18.3 Å². The summed E-state index contributed by atoms with van der Waals surface area (Å²) < 4.78 is 30.0. The molecule has 0 fully saturated rings. The van der Waals surface area contributed by atoms with E-state index in [4.69, 9.17) is 11.1 Å². The van der Waals surface area contributed by atoms with Crippen molar-refractivity contribution in [2.24, 2.45) is 5.73 Å². The van der Waals surface area contributed by atoms with Crippen LogP contribution in [0.3, 0.4) is 0 Å². The van der Waals surface area contributed by atoms with E-state index in [9.17, 15) is 8.42 Å². The van der Waals surface area contributed by atoms with E-state index in [1.54, 1.807) is 84.1 Å². The lowest BCUT2D eigenvalue weighted by molar-refractivity contribution is 0.601. The van der Waals surface area contributed by atoms with E-state index in [0.29, 0.717) is 22.5 Å². The second-order valence-corrected chi connectivity index (χ2v) is 8.52. The lowest BCUT2D eigenvalue weighted by Gasteiger charge is -2.12. The van der Waals surface area contributed by atoms with E-state index in [2.05, 4.69) is 14.8 Å². The van der Waals surface area contributed by atoms with Crippen molar-refractivity contribution in [3.05, 3.63) is 103 Å². The summed E-state index contributed by atoms with van der Waals surface area (Å²) in [5.74, 6) is 0. The zero-order valence-corrected chi connectivity index (χ0v) is 17.7. The van der Waals surface area contributed by atoms with Gasteiger partial charge in [0.1, 0.15) is 0 Å².